The summed E-state index contributed by atoms with van der Waals surface area (Å²) in [5, 5.41) is 5.98. The van der Waals surface area contributed by atoms with Gasteiger partial charge in [-0.3, -0.25) is 14.9 Å². The molecule has 2 aliphatic heterocycles. The molecule has 0 spiro atoms. The van der Waals surface area contributed by atoms with Gasteiger partial charge in [0.25, 0.3) is 0 Å². The maximum Gasteiger partial charge on any atom is 0.249 e. The van der Waals surface area contributed by atoms with Gasteiger partial charge in [-0.2, -0.15) is 0 Å². The molecule has 1 fully saturated rings. The van der Waals surface area contributed by atoms with Crippen molar-refractivity contribution in [1.29, 1.82) is 0 Å². The summed E-state index contributed by atoms with van der Waals surface area (Å²) in [5.41, 5.74) is 0.528. The van der Waals surface area contributed by atoms with Crippen LogP contribution in [0.5, 0.6) is 0 Å². The third-order valence-electron chi connectivity index (χ3n) is 4.00. The van der Waals surface area contributed by atoms with Crippen LogP contribution in [-0.4, -0.2) is 41.8 Å². The zero-order chi connectivity index (χ0) is 16.2. The molecule has 2 amide bonds. The minimum Gasteiger partial charge on any atom is -0.343 e. The first-order chi connectivity index (χ1) is 11.1. The van der Waals surface area contributed by atoms with E-state index in [0.717, 1.165) is 25.9 Å². The van der Waals surface area contributed by atoms with Crippen LogP contribution in [0.2, 0.25) is 5.02 Å². The average Bonchev–Trinajstić information content (AvgIpc) is 2.57. The normalized spacial score (nSPS) is 21.4. The number of piperidine rings is 1. The standard InChI is InChI=1S/C16H19ClN4O2/c17-11-6-2-3-7-12(11)18-15(23)13-10-14(22)20-16(19-13)21-8-4-1-5-9-21/h2-3,6-7,13H,1,4-5,8-10H2,(H,18,23)(H,19,20,22)/t13-/m1/s1. The van der Waals surface area contributed by atoms with Crippen molar-refractivity contribution in [2.24, 2.45) is 4.99 Å². The van der Waals surface area contributed by atoms with Gasteiger partial charge in [0.1, 0.15) is 6.04 Å². The SMILES string of the molecule is O=C1C[C@H](C(=O)Nc2ccccc2Cl)N=C(N2CCCCC2)N1. The van der Waals surface area contributed by atoms with Crippen LogP contribution in [0.4, 0.5) is 5.69 Å². The number of para-hydroxylation sites is 1. The van der Waals surface area contributed by atoms with Crippen molar-refractivity contribution in [1.82, 2.24) is 10.2 Å². The Morgan fingerprint density at radius 2 is 2.00 bits per heavy atom. The number of rotatable bonds is 2. The van der Waals surface area contributed by atoms with Gasteiger partial charge in [-0.25, -0.2) is 4.99 Å². The summed E-state index contributed by atoms with van der Waals surface area (Å²) in [6.07, 6.45) is 3.39. The highest BCUT2D eigenvalue weighted by molar-refractivity contribution is 6.33. The van der Waals surface area contributed by atoms with Crippen LogP contribution in [0.1, 0.15) is 25.7 Å². The molecule has 2 N–H and O–H groups in total. The van der Waals surface area contributed by atoms with Crippen LogP contribution < -0.4 is 10.6 Å². The fourth-order valence-corrected chi connectivity index (χ4v) is 2.96. The predicted octanol–water partition coefficient (Wildman–Crippen LogP) is 2.01. The van der Waals surface area contributed by atoms with E-state index in [4.69, 9.17) is 11.6 Å². The van der Waals surface area contributed by atoms with E-state index in [0.29, 0.717) is 16.7 Å². The van der Waals surface area contributed by atoms with Gasteiger partial charge in [-0.15, -0.1) is 0 Å². The first kappa shape index (κ1) is 15.8. The molecular formula is C16H19ClN4O2. The second kappa shape index (κ2) is 7.00. The molecule has 3 rings (SSSR count). The predicted molar refractivity (Wildman–Crippen MR) is 89.5 cm³/mol. The topological polar surface area (TPSA) is 73.8 Å². The molecule has 2 heterocycles. The number of nitrogens with one attached hydrogen (secondary N) is 2. The summed E-state index contributed by atoms with van der Waals surface area (Å²) < 4.78 is 0. The van der Waals surface area contributed by atoms with E-state index in [1.54, 1.807) is 24.3 Å². The first-order valence-corrected chi connectivity index (χ1v) is 8.19. The van der Waals surface area contributed by atoms with E-state index in [2.05, 4.69) is 15.6 Å². The van der Waals surface area contributed by atoms with Crippen LogP contribution in [-0.2, 0) is 9.59 Å². The number of hydrogen-bond acceptors (Lipinski definition) is 4. The van der Waals surface area contributed by atoms with Crippen molar-refractivity contribution in [2.75, 3.05) is 18.4 Å². The molecule has 0 unspecified atom stereocenters. The minimum atomic E-state index is -0.725. The van der Waals surface area contributed by atoms with Gasteiger partial charge >= 0.3 is 0 Å². The van der Waals surface area contributed by atoms with Crippen LogP contribution in [0.25, 0.3) is 0 Å². The van der Waals surface area contributed by atoms with Gasteiger partial charge in [0.2, 0.25) is 17.8 Å². The number of anilines is 1. The largest absolute Gasteiger partial charge is 0.343 e. The van der Waals surface area contributed by atoms with Crippen molar-refractivity contribution in [3.05, 3.63) is 29.3 Å². The Morgan fingerprint density at radius 3 is 2.74 bits per heavy atom. The molecule has 0 bridgehead atoms. The maximum absolute atomic E-state index is 12.4. The second-order valence-corrected chi connectivity index (χ2v) is 6.14. The van der Waals surface area contributed by atoms with Crippen molar-refractivity contribution in [3.63, 3.8) is 0 Å². The van der Waals surface area contributed by atoms with Gasteiger partial charge in [-0.1, -0.05) is 23.7 Å². The smallest absolute Gasteiger partial charge is 0.249 e. The lowest BCUT2D eigenvalue weighted by Gasteiger charge is -2.32. The number of aliphatic imine (C=N–C) groups is 1. The fraction of sp³-hybridized carbons (Fsp3) is 0.438. The number of benzene rings is 1. The molecule has 7 heteroatoms. The molecule has 0 aliphatic carbocycles. The Balaban J connectivity index is 1.73. The number of hydrogen-bond donors (Lipinski definition) is 2. The molecule has 2 aliphatic rings. The number of nitrogens with zero attached hydrogens (tertiary/aromatic N) is 2. The van der Waals surface area contributed by atoms with E-state index in [-0.39, 0.29) is 18.2 Å². The average molecular weight is 335 g/mol. The van der Waals surface area contributed by atoms with E-state index >= 15 is 0 Å². The summed E-state index contributed by atoms with van der Waals surface area (Å²) >= 11 is 6.05. The van der Waals surface area contributed by atoms with Gasteiger partial charge < -0.3 is 10.2 Å². The Bertz CT molecular complexity index is 641. The van der Waals surface area contributed by atoms with Gasteiger partial charge in [0, 0.05) is 13.1 Å². The Kier molecular flexibility index (Phi) is 4.81. The first-order valence-electron chi connectivity index (χ1n) is 7.81. The molecule has 0 saturated carbocycles. The zero-order valence-electron chi connectivity index (χ0n) is 12.7. The summed E-state index contributed by atoms with van der Waals surface area (Å²) in [4.78, 5) is 30.8. The molecule has 0 radical (unpaired) electrons. The van der Waals surface area contributed by atoms with Crippen LogP contribution >= 0.6 is 11.6 Å². The van der Waals surface area contributed by atoms with Gasteiger partial charge in [0.05, 0.1) is 17.1 Å². The lowest BCUT2D eigenvalue weighted by atomic mass is 10.1. The van der Waals surface area contributed by atoms with Gasteiger partial charge in [-0.05, 0) is 31.4 Å². The highest BCUT2D eigenvalue weighted by Gasteiger charge is 2.29. The highest BCUT2D eigenvalue weighted by atomic mass is 35.5. The maximum atomic E-state index is 12.4. The molecule has 23 heavy (non-hydrogen) atoms. The number of halogens is 1. The van der Waals surface area contributed by atoms with Gasteiger partial charge in [0.15, 0.2) is 0 Å². The molecule has 1 aromatic carbocycles. The number of likely N-dealkylation sites (tertiary alicyclic amines) is 1. The zero-order valence-corrected chi connectivity index (χ0v) is 13.5. The number of guanidine groups is 1. The van der Waals surface area contributed by atoms with Crippen LogP contribution in [0.15, 0.2) is 29.3 Å². The Morgan fingerprint density at radius 1 is 1.26 bits per heavy atom. The van der Waals surface area contributed by atoms with Crippen LogP contribution in [0, 0.1) is 0 Å². The summed E-state index contributed by atoms with van der Waals surface area (Å²) in [5.74, 6) is 0.0163. The molecule has 6 nitrogen and oxygen atoms in total. The number of carbonyl (C=O) groups is 2. The third-order valence-corrected chi connectivity index (χ3v) is 4.33. The van der Waals surface area contributed by atoms with Crippen molar-refractivity contribution in [3.8, 4) is 0 Å². The number of amides is 2. The summed E-state index contributed by atoms with van der Waals surface area (Å²) in [6.45, 7) is 1.72. The van der Waals surface area contributed by atoms with Crippen molar-refractivity contribution >= 4 is 35.1 Å². The molecule has 0 aromatic heterocycles. The van der Waals surface area contributed by atoms with E-state index in [9.17, 15) is 9.59 Å². The minimum absolute atomic E-state index is 0.0492. The van der Waals surface area contributed by atoms with E-state index < -0.39 is 6.04 Å². The van der Waals surface area contributed by atoms with Crippen molar-refractivity contribution < 1.29 is 9.59 Å². The molecular weight excluding hydrogens is 316 g/mol. The fourth-order valence-electron chi connectivity index (χ4n) is 2.77. The highest BCUT2D eigenvalue weighted by Crippen LogP contribution is 2.21. The lowest BCUT2D eigenvalue weighted by molar-refractivity contribution is -0.125. The third kappa shape index (κ3) is 3.82. The molecule has 1 atom stereocenters. The molecule has 122 valence electrons. The second-order valence-electron chi connectivity index (χ2n) is 5.74. The van der Waals surface area contributed by atoms with Crippen LogP contribution in [0.3, 0.4) is 0 Å². The Hall–Kier alpha value is -2.08. The van der Waals surface area contributed by atoms with E-state index in [1.165, 1.54) is 6.42 Å². The lowest BCUT2D eigenvalue weighted by Crippen LogP contribution is -2.51. The van der Waals surface area contributed by atoms with Crippen molar-refractivity contribution in [2.45, 2.75) is 31.7 Å². The summed E-state index contributed by atoms with van der Waals surface area (Å²) in [7, 11) is 0. The molecule has 1 aromatic rings. The Labute approximate surface area is 139 Å². The monoisotopic (exact) mass is 334 g/mol. The number of carbonyl (C=O) groups excluding carboxylic acids is 2. The quantitative estimate of drug-likeness (QED) is 0.869. The molecule has 1 saturated heterocycles. The summed E-state index contributed by atoms with van der Waals surface area (Å²) in [6, 6.07) is 6.28. The van der Waals surface area contributed by atoms with E-state index in [1.807, 2.05) is 4.90 Å².